The van der Waals surface area contributed by atoms with Gasteiger partial charge in [0.1, 0.15) is 17.4 Å². The number of phenolic OH excluding ortho intramolecular Hbond substituents is 1. The molecule has 0 heterocycles. The maximum Gasteiger partial charge on any atom is 0.261 e. The molecule has 0 bridgehead atoms. The van der Waals surface area contributed by atoms with Crippen molar-refractivity contribution in [1.82, 2.24) is 5.32 Å². The van der Waals surface area contributed by atoms with Crippen LogP contribution in [0.15, 0.2) is 60.2 Å². The minimum Gasteiger partial charge on any atom is -0.508 e. The van der Waals surface area contributed by atoms with Crippen LogP contribution in [0.25, 0.3) is 6.08 Å². The third-order valence-electron chi connectivity index (χ3n) is 3.59. The van der Waals surface area contributed by atoms with Gasteiger partial charge in [0.05, 0.1) is 0 Å². The molecule has 2 rings (SSSR count). The lowest BCUT2D eigenvalue weighted by Crippen LogP contribution is -2.25. The number of benzene rings is 2. The highest BCUT2D eigenvalue weighted by Gasteiger charge is 2.08. The largest absolute Gasteiger partial charge is 0.508 e. The Kier molecular flexibility index (Phi) is 6.60. The van der Waals surface area contributed by atoms with Gasteiger partial charge in [0.2, 0.25) is 0 Å². The zero-order chi connectivity index (χ0) is 17.2. The number of hydrogen-bond donors (Lipinski definition) is 2. The van der Waals surface area contributed by atoms with E-state index >= 15 is 0 Å². The number of unbranched alkanes of at least 4 members (excludes halogenated alkanes) is 1. The van der Waals surface area contributed by atoms with Crippen LogP contribution in [0.4, 0.5) is 0 Å². The normalized spacial score (nSPS) is 10.9. The second kappa shape index (κ2) is 9.16. The molecule has 1 amide bonds. The summed E-state index contributed by atoms with van der Waals surface area (Å²) in [6, 6.07) is 18.5. The molecule has 0 unspecified atom stereocenters. The maximum atomic E-state index is 12.0. The summed E-state index contributed by atoms with van der Waals surface area (Å²) in [5, 5.41) is 21.1. The molecule has 0 saturated carbocycles. The number of amides is 1. The van der Waals surface area contributed by atoms with Crippen molar-refractivity contribution in [2.75, 3.05) is 6.54 Å². The summed E-state index contributed by atoms with van der Waals surface area (Å²) in [5.74, 6) is -0.223. The van der Waals surface area contributed by atoms with E-state index in [9.17, 15) is 9.90 Å². The van der Waals surface area contributed by atoms with Gasteiger partial charge in [0.15, 0.2) is 0 Å². The summed E-state index contributed by atoms with van der Waals surface area (Å²) in [5.41, 5.74) is 2.04. The average molecular weight is 320 g/mol. The van der Waals surface area contributed by atoms with Gasteiger partial charge >= 0.3 is 0 Å². The Labute approximate surface area is 142 Å². The first-order chi connectivity index (χ1) is 11.7. The lowest BCUT2D eigenvalue weighted by molar-refractivity contribution is -0.117. The minimum absolute atomic E-state index is 0.0590. The van der Waals surface area contributed by atoms with Crippen LogP contribution < -0.4 is 5.32 Å². The predicted octanol–water partition coefficient (Wildman–Crippen LogP) is 3.44. The summed E-state index contributed by atoms with van der Waals surface area (Å²) in [7, 11) is 0. The van der Waals surface area contributed by atoms with E-state index in [1.165, 1.54) is 23.8 Å². The summed E-state index contributed by atoms with van der Waals surface area (Å²) < 4.78 is 0. The molecule has 0 spiro atoms. The number of rotatable bonds is 7. The molecule has 0 aliphatic heterocycles. The van der Waals surface area contributed by atoms with Gasteiger partial charge in [-0.3, -0.25) is 4.79 Å². The van der Waals surface area contributed by atoms with Gasteiger partial charge in [-0.1, -0.05) is 42.5 Å². The van der Waals surface area contributed by atoms with Crippen LogP contribution in [0.2, 0.25) is 0 Å². The van der Waals surface area contributed by atoms with Crippen molar-refractivity contribution in [3.8, 4) is 11.8 Å². The van der Waals surface area contributed by atoms with Gasteiger partial charge in [-0.05, 0) is 48.6 Å². The van der Waals surface area contributed by atoms with E-state index < -0.39 is 0 Å². The van der Waals surface area contributed by atoms with Gasteiger partial charge in [-0.15, -0.1) is 0 Å². The number of hydrogen-bond acceptors (Lipinski definition) is 3. The van der Waals surface area contributed by atoms with E-state index in [1.807, 2.05) is 24.3 Å². The van der Waals surface area contributed by atoms with Gasteiger partial charge in [-0.25, -0.2) is 0 Å². The zero-order valence-corrected chi connectivity index (χ0v) is 13.4. The molecular formula is C20H20N2O2. The summed E-state index contributed by atoms with van der Waals surface area (Å²) in [6.45, 7) is 0.542. The van der Waals surface area contributed by atoms with Crippen LogP contribution >= 0.6 is 0 Å². The Morgan fingerprint density at radius 2 is 1.79 bits per heavy atom. The van der Waals surface area contributed by atoms with Crippen LogP contribution in [0.1, 0.15) is 24.0 Å². The summed E-state index contributed by atoms with van der Waals surface area (Å²) in [4.78, 5) is 12.0. The fourth-order valence-corrected chi connectivity index (χ4v) is 2.28. The molecule has 24 heavy (non-hydrogen) atoms. The lowest BCUT2D eigenvalue weighted by Gasteiger charge is -2.05. The Bertz CT molecular complexity index is 728. The van der Waals surface area contributed by atoms with Gasteiger partial charge in [0.25, 0.3) is 5.91 Å². The zero-order valence-electron chi connectivity index (χ0n) is 13.4. The van der Waals surface area contributed by atoms with Crippen LogP contribution in [0.3, 0.4) is 0 Å². The molecule has 4 nitrogen and oxygen atoms in total. The number of nitriles is 1. The molecule has 0 aliphatic rings. The average Bonchev–Trinajstić information content (AvgIpc) is 2.61. The molecule has 122 valence electrons. The van der Waals surface area contributed by atoms with Crippen molar-refractivity contribution in [2.24, 2.45) is 0 Å². The minimum atomic E-state index is -0.370. The Hall–Kier alpha value is -3.06. The number of nitrogens with zero attached hydrogens (tertiary/aromatic N) is 1. The molecule has 0 fully saturated rings. The van der Waals surface area contributed by atoms with E-state index in [4.69, 9.17) is 5.26 Å². The Balaban J connectivity index is 1.78. The molecule has 2 N–H and O–H groups in total. The first-order valence-corrected chi connectivity index (χ1v) is 7.92. The van der Waals surface area contributed by atoms with Gasteiger partial charge in [0, 0.05) is 6.54 Å². The number of aryl methyl sites for hydroxylation is 1. The lowest BCUT2D eigenvalue weighted by atomic mass is 10.1. The van der Waals surface area contributed by atoms with Crippen LogP contribution in [0.5, 0.6) is 5.75 Å². The van der Waals surface area contributed by atoms with Crippen molar-refractivity contribution < 1.29 is 9.90 Å². The Morgan fingerprint density at radius 1 is 1.08 bits per heavy atom. The monoisotopic (exact) mass is 320 g/mol. The fourth-order valence-electron chi connectivity index (χ4n) is 2.28. The van der Waals surface area contributed by atoms with E-state index in [2.05, 4.69) is 17.4 Å². The molecule has 4 heteroatoms. The predicted molar refractivity (Wildman–Crippen MR) is 94.1 cm³/mol. The van der Waals surface area contributed by atoms with Crippen LogP contribution in [0, 0.1) is 11.3 Å². The van der Waals surface area contributed by atoms with Crippen molar-refractivity contribution in [3.63, 3.8) is 0 Å². The number of phenols is 1. The standard InChI is InChI=1S/C20H20N2O2/c21-15-18(14-17-9-11-19(23)12-10-17)20(24)22-13-5-4-8-16-6-2-1-3-7-16/h1-3,6-7,9-12,14,23H,4-5,8,13H2,(H,22,24). The van der Waals surface area contributed by atoms with E-state index in [0.717, 1.165) is 19.3 Å². The summed E-state index contributed by atoms with van der Waals surface area (Å²) in [6.07, 6.45) is 4.33. The summed E-state index contributed by atoms with van der Waals surface area (Å²) >= 11 is 0. The molecular weight excluding hydrogens is 300 g/mol. The molecule has 0 aromatic heterocycles. The first kappa shape index (κ1) is 17.3. The van der Waals surface area contributed by atoms with Gasteiger partial charge in [-0.2, -0.15) is 5.26 Å². The molecule has 0 radical (unpaired) electrons. The maximum absolute atomic E-state index is 12.0. The molecule has 0 aliphatic carbocycles. The number of aromatic hydroxyl groups is 1. The molecule has 2 aromatic rings. The van der Waals surface area contributed by atoms with Gasteiger partial charge < -0.3 is 10.4 Å². The van der Waals surface area contributed by atoms with Crippen molar-refractivity contribution >= 4 is 12.0 Å². The number of carbonyl (C=O) groups excluding carboxylic acids is 1. The number of carbonyl (C=O) groups is 1. The van der Waals surface area contributed by atoms with Crippen molar-refractivity contribution in [1.29, 1.82) is 5.26 Å². The van der Waals surface area contributed by atoms with Crippen molar-refractivity contribution in [3.05, 3.63) is 71.3 Å². The third kappa shape index (κ3) is 5.62. The molecule has 0 atom stereocenters. The number of nitrogens with one attached hydrogen (secondary N) is 1. The van der Waals surface area contributed by atoms with Crippen LogP contribution in [-0.4, -0.2) is 17.6 Å². The third-order valence-corrected chi connectivity index (χ3v) is 3.59. The van der Waals surface area contributed by atoms with E-state index in [1.54, 1.807) is 12.1 Å². The van der Waals surface area contributed by atoms with Crippen LogP contribution in [-0.2, 0) is 11.2 Å². The molecule has 2 aromatic carbocycles. The smallest absolute Gasteiger partial charge is 0.261 e. The topological polar surface area (TPSA) is 73.1 Å². The Morgan fingerprint density at radius 3 is 2.46 bits per heavy atom. The SMILES string of the molecule is N#CC(=Cc1ccc(O)cc1)C(=O)NCCCCc1ccccc1. The second-order valence-electron chi connectivity index (χ2n) is 5.46. The highest BCUT2D eigenvalue weighted by molar-refractivity contribution is 6.01. The quantitative estimate of drug-likeness (QED) is 0.466. The molecule has 0 saturated heterocycles. The highest BCUT2D eigenvalue weighted by atomic mass is 16.3. The highest BCUT2D eigenvalue weighted by Crippen LogP contribution is 2.12. The fraction of sp³-hybridized carbons (Fsp3) is 0.200. The van der Waals surface area contributed by atoms with Crippen molar-refractivity contribution in [2.45, 2.75) is 19.3 Å². The van der Waals surface area contributed by atoms with E-state index in [-0.39, 0.29) is 17.2 Å². The second-order valence-corrected chi connectivity index (χ2v) is 5.46. The first-order valence-electron chi connectivity index (χ1n) is 7.92. The van der Waals surface area contributed by atoms with E-state index in [0.29, 0.717) is 12.1 Å².